The maximum Gasteiger partial charge on any atom is 0.279 e. The van der Waals surface area contributed by atoms with Gasteiger partial charge in [0, 0.05) is 17.8 Å². The van der Waals surface area contributed by atoms with E-state index in [4.69, 9.17) is 0 Å². The van der Waals surface area contributed by atoms with Crippen molar-refractivity contribution in [2.75, 3.05) is 0 Å². The van der Waals surface area contributed by atoms with Crippen LogP contribution in [0.4, 0.5) is 0 Å². The van der Waals surface area contributed by atoms with Gasteiger partial charge in [-0.2, -0.15) is 0 Å². The third kappa shape index (κ3) is 2.28. The standard InChI is InChI=1S/C13H21NO4/c15-11-7-9-13(14(17)18)8-5-3-1-2-4-6-10(11)12(13)16/h10-11,15H,1-9H2/t10-,11-,13+/m1/s1. The molecule has 0 saturated heterocycles. The lowest BCUT2D eigenvalue weighted by Gasteiger charge is -2.36. The first-order valence-electron chi connectivity index (χ1n) is 6.95. The van der Waals surface area contributed by atoms with Crippen LogP contribution in [0.1, 0.15) is 57.8 Å². The fourth-order valence-corrected chi connectivity index (χ4v) is 3.39. The predicted molar refractivity (Wildman–Crippen MR) is 65.8 cm³/mol. The van der Waals surface area contributed by atoms with Crippen LogP contribution < -0.4 is 0 Å². The van der Waals surface area contributed by atoms with Gasteiger partial charge in [-0.25, -0.2) is 0 Å². The molecule has 1 N–H and O–H groups in total. The van der Waals surface area contributed by atoms with Crippen molar-refractivity contribution in [1.29, 1.82) is 0 Å². The monoisotopic (exact) mass is 255 g/mol. The van der Waals surface area contributed by atoms with Crippen LogP contribution in [0.25, 0.3) is 0 Å². The molecule has 0 unspecified atom stereocenters. The SMILES string of the molecule is O=C1[C@@H]2CCCCCCC[C@]1([N+](=O)[O-])CC[C@H]2O. The van der Waals surface area contributed by atoms with Crippen molar-refractivity contribution in [3.63, 3.8) is 0 Å². The van der Waals surface area contributed by atoms with Crippen LogP contribution in [0.2, 0.25) is 0 Å². The number of carbonyl (C=O) groups excluding carboxylic acids is 1. The van der Waals surface area contributed by atoms with Crippen LogP contribution in [0, 0.1) is 16.0 Å². The number of aliphatic hydroxyl groups is 1. The Morgan fingerprint density at radius 3 is 2.50 bits per heavy atom. The van der Waals surface area contributed by atoms with Crippen LogP contribution in [-0.4, -0.2) is 27.5 Å². The molecule has 2 rings (SSSR count). The first-order chi connectivity index (χ1) is 8.58. The summed E-state index contributed by atoms with van der Waals surface area (Å²) in [5.41, 5.74) is -1.40. The van der Waals surface area contributed by atoms with Gasteiger partial charge >= 0.3 is 0 Å². The smallest absolute Gasteiger partial charge is 0.279 e. The van der Waals surface area contributed by atoms with Gasteiger partial charge in [0.15, 0.2) is 0 Å². The van der Waals surface area contributed by atoms with Crippen LogP contribution in [0.15, 0.2) is 0 Å². The fourth-order valence-electron chi connectivity index (χ4n) is 3.39. The molecule has 0 spiro atoms. The highest BCUT2D eigenvalue weighted by molar-refractivity contribution is 5.90. The number of hydrogen-bond donors (Lipinski definition) is 1. The van der Waals surface area contributed by atoms with Crippen molar-refractivity contribution in [1.82, 2.24) is 0 Å². The second-order valence-corrected chi connectivity index (χ2v) is 5.67. The van der Waals surface area contributed by atoms with Crippen LogP contribution in [0.5, 0.6) is 0 Å². The number of fused-ring (bicyclic) bond motifs is 2. The molecular weight excluding hydrogens is 234 g/mol. The zero-order valence-electron chi connectivity index (χ0n) is 10.6. The number of nitro groups is 1. The molecule has 3 atom stereocenters. The number of carbonyl (C=O) groups is 1. The third-order valence-corrected chi connectivity index (χ3v) is 4.57. The minimum atomic E-state index is -1.40. The van der Waals surface area contributed by atoms with Crippen molar-refractivity contribution in [3.8, 4) is 0 Å². The quantitative estimate of drug-likeness (QED) is 0.574. The minimum Gasteiger partial charge on any atom is -0.392 e. The summed E-state index contributed by atoms with van der Waals surface area (Å²) in [5.74, 6) is -0.824. The average Bonchev–Trinajstić information content (AvgIpc) is 2.33. The van der Waals surface area contributed by atoms with Crippen molar-refractivity contribution in [3.05, 3.63) is 10.1 Å². The van der Waals surface area contributed by atoms with Crippen molar-refractivity contribution in [2.24, 2.45) is 5.92 Å². The molecule has 2 aliphatic rings. The summed E-state index contributed by atoms with van der Waals surface area (Å²) in [4.78, 5) is 23.4. The highest BCUT2D eigenvalue weighted by Crippen LogP contribution is 2.38. The molecule has 2 bridgehead atoms. The van der Waals surface area contributed by atoms with Gasteiger partial charge in [0.25, 0.3) is 5.54 Å². The van der Waals surface area contributed by atoms with Gasteiger partial charge in [-0.15, -0.1) is 0 Å². The summed E-state index contributed by atoms with van der Waals surface area (Å²) in [5, 5.41) is 21.3. The topological polar surface area (TPSA) is 80.4 Å². The largest absolute Gasteiger partial charge is 0.392 e. The predicted octanol–water partition coefficient (Wildman–Crippen LogP) is 2.09. The van der Waals surface area contributed by atoms with E-state index in [9.17, 15) is 20.0 Å². The molecule has 18 heavy (non-hydrogen) atoms. The van der Waals surface area contributed by atoms with Gasteiger partial charge in [-0.3, -0.25) is 14.9 Å². The Kier molecular flexibility index (Phi) is 4.00. The second kappa shape index (κ2) is 5.34. The Morgan fingerprint density at radius 1 is 1.11 bits per heavy atom. The Labute approximate surface area is 107 Å². The summed E-state index contributed by atoms with van der Waals surface area (Å²) in [6, 6.07) is 0. The first kappa shape index (κ1) is 13.5. The summed E-state index contributed by atoms with van der Waals surface area (Å²) < 4.78 is 0. The van der Waals surface area contributed by atoms with Crippen LogP contribution >= 0.6 is 0 Å². The molecule has 102 valence electrons. The summed E-state index contributed by atoms with van der Waals surface area (Å²) in [6.07, 6.45) is 5.61. The molecule has 5 heteroatoms. The Hall–Kier alpha value is -0.970. The second-order valence-electron chi connectivity index (χ2n) is 5.67. The number of nitrogens with zero attached hydrogens (tertiary/aromatic N) is 1. The van der Waals surface area contributed by atoms with Gasteiger partial charge in [0.05, 0.1) is 12.0 Å². The van der Waals surface area contributed by atoms with E-state index in [1.54, 1.807) is 0 Å². The molecular formula is C13H21NO4. The van der Waals surface area contributed by atoms with E-state index in [1.807, 2.05) is 0 Å². The lowest BCUT2D eigenvalue weighted by atomic mass is 9.69. The lowest BCUT2D eigenvalue weighted by molar-refractivity contribution is -0.557. The molecule has 0 radical (unpaired) electrons. The number of hydrogen-bond acceptors (Lipinski definition) is 4. The molecule has 0 heterocycles. The fraction of sp³-hybridized carbons (Fsp3) is 0.923. The normalized spacial score (nSPS) is 38.2. The van der Waals surface area contributed by atoms with E-state index in [-0.39, 0.29) is 17.1 Å². The Morgan fingerprint density at radius 2 is 1.78 bits per heavy atom. The molecule has 2 aliphatic carbocycles. The number of rotatable bonds is 1. The van der Waals surface area contributed by atoms with Crippen molar-refractivity contribution in [2.45, 2.75) is 69.4 Å². The van der Waals surface area contributed by atoms with E-state index in [1.165, 1.54) is 0 Å². The number of aliphatic hydroxyl groups excluding tert-OH is 1. The molecule has 2 saturated carbocycles. The maximum absolute atomic E-state index is 12.4. The average molecular weight is 255 g/mol. The molecule has 0 aromatic carbocycles. The summed E-state index contributed by atoms with van der Waals surface area (Å²) in [6.45, 7) is 0. The van der Waals surface area contributed by atoms with E-state index < -0.39 is 17.6 Å². The highest BCUT2D eigenvalue weighted by atomic mass is 16.6. The van der Waals surface area contributed by atoms with Crippen molar-refractivity contribution < 1.29 is 14.8 Å². The molecule has 0 amide bonds. The van der Waals surface area contributed by atoms with Gasteiger partial charge < -0.3 is 5.11 Å². The van der Waals surface area contributed by atoms with Crippen LogP contribution in [-0.2, 0) is 4.79 Å². The van der Waals surface area contributed by atoms with E-state index in [2.05, 4.69) is 0 Å². The number of Topliss-reactive ketones (excluding diaryl/α,β-unsaturated/α-hetero) is 1. The Balaban J connectivity index is 2.27. The summed E-state index contributed by atoms with van der Waals surface area (Å²) in [7, 11) is 0. The van der Waals surface area contributed by atoms with Gasteiger partial charge in [-0.1, -0.05) is 25.7 Å². The molecule has 0 aromatic heterocycles. The Bertz CT molecular complexity index is 344. The third-order valence-electron chi connectivity index (χ3n) is 4.57. The van der Waals surface area contributed by atoms with E-state index >= 15 is 0 Å². The van der Waals surface area contributed by atoms with E-state index in [0.717, 1.165) is 32.1 Å². The molecule has 0 aromatic rings. The summed E-state index contributed by atoms with van der Waals surface area (Å²) >= 11 is 0. The minimum absolute atomic E-state index is 0.205. The zero-order valence-corrected chi connectivity index (χ0v) is 10.6. The molecule has 5 nitrogen and oxygen atoms in total. The molecule has 2 fully saturated rings. The van der Waals surface area contributed by atoms with Gasteiger partial charge in [-0.05, 0) is 19.3 Å². The number of ketones is 1. The van der Waals surface area contributed by atoms with Gasteiger partial charge in [0.2, 0.25) is 5.78 Å². The maximum atomic E-state index is 12.4. The molecule has 0 aliphatic heterocycles. The highest BCUT2D eigenvalue weighted by Gasteiger charge is 2.56. The lowest BCUT2D eigenvalue weighted by Crippen LogP contribution is -2.55. The van der Waals surface area contributed by atoms with Crippen LogP contribution in [0.3, 0.4) is 0 Å². The first-order valence-corrected chi connectivity index (χ1v) is 6.95. The van der Waals surface area contributed by atoms with E-state index in [0.29, 0.717) is 19.3 Å². The van der Waals surface area contributed by atoms with Crippen molar-refractivity contribution >= 4 is 5.78 Å². The zero-order chi connectivity index (χ0) is 13.2. The van der Waals surface area contributed by atoms with Gasteiger partial charge in [0.1, 0.15) is 0 Å².